The number of rotatable bonds is 6. The number of amides is 1. The van der Waals surface area contributed by atoms with Crippen LogP contribution in [0.4, 0.5) is 5.82 Å². The molecule has 26 heavy (non-hydrogen) atoms. The molecule has 2 N–H and O–H groups in total. The third-order valence-corrected chi connectivity index (χ3v) is 4.34. The molecule has 2 heterocycles. The van der Waals surface area contributed by atoms with Gasteiger partial charge in [-0.3, -0.25) is 4.79 Å². The van der Waals surface area contributed by atoms with Gasteiger partial charge in [0.2, 0.25) is 5.91 Å². The Kier molecular flexibility index (Phi) is 6.29. The van der Waals surface area contributed by atoms with Crippen LogP contribution < -0.4 is 20.1 Å². The molecule has 9 heteroatoms. The van der Waals surface area contributed by atoms with Crippen LogP contribution in [0.15, 0.2) is 24.4 Å². The van der Waals surface area contributed by atoms with E-state index in [1.165, 1.54) is 6.20 Å². The summed E-state index contributed by atoms with van der Waals surface area (Å²) in [6.07, 6.45) is 1.69. The van der Waals surface area contributed by atoms with Gasteiger partial charge in [-0.25, -0.2) is 4.98 Å². The second-order valence-electron chi connectivity index (χ2n) is 5.54. The van der Waals surface area contributed by atoms with Crippen LogP contribution in [0.1, 0.15) is 5.56 Å². The van der Waals surface area contributed by atoms with Crippen molar-refractivity contribution in [2.45, 2.75) is 6.42 Å². The number of ether oxygens (including phenoxy) is 2. The molecule has 0 saturated carbocycles. The van der Waals surface area contributed by atoms with Crippen LogP contribution in [0, 0.1) is 0 Å². The molecular formula is C17H16Cl3N3O3. The smallest absolute Gasteiger partial charge is 0.224 e. The van der Waals surface area contributed by atoms with E-state index in [2.05, 4.69) is 15.6 Å². The van der Waals surface area contributed by atoms with Gasteiger partial charge in [0.1, 0.15) is 19.0 Å². The van der Waals surface area contributed by atoms with Crippen molar-refractivity contribution in [2.75, 3.05) is 31.6 Å². The summed E-state index contributed by atoms with van der Waals surface area (Å²) < 4.78 is 11.0. The second kappa shape index (κ2) is 8.66. The highest BCUT2D eigenvalue weighted by molar-refractivity contribution is 6.36. The van der Waals surface area contributed by atoms with Crippen LogP contribution in [-0.4, -0.2) is 37.2 Å². The summed E-state index contributed by atoms with van der Waals surface area (Å²) in [5, 5.41) is 7.18. The standard InChI is InChI=1S/C17H16Cl3N3O3/c18-11-8-13(20)17(23-9-11)22-2-1-21-15(24)7-10-5-12(19)16-14(6-10)25-3-4-26-16/h5-6,8-9H,1-4,7H2,(H,21,24)(H,22,23). The van der Waals surface area contributed by atoms with Crippen molar-refractivity contribution >= 4 is 46.5 Å². The Bertz CT molecular complexity index is 817. The number of fused-ring (bicyclic) bond motifs is 1. The van der Waals surface area contributed by atoms with Gasteiger partial charge in [-0.2, -0.15) is 0 Å². The highest BCUT2D eigenvalue weighted by Crippen LogP contribution is 2.38. The number of hydrogen-bond donors (Lipinski definition) is 2. The maximum absolute atomic E-state index is 12.1. The molecule has 1 aliphatic heterocycles. The molecule has 0 spiro atoms. The van der Waals surface area contributed by atoms with Crippen molar-refractivity contribution in [3.8, 4) is 11.5 Å². The minimum absolute atomic E-state index is 0.130. The first-order chi connectivity index (χ1) is 12.5. The van der Waals surface area contributed by atoms with Gasteiger partial charge in [-0.05, 0) is 23.8 Å². The number of nitrogens with one attached hydrogen (secondary N) is 2. The fraction of sp³-hybridized carbons (Fsp3) is 0.294. The lowest BCUT2D eigenvalue weighted by Crippen LogP contribution is -2.30. The lowest BCUT2D eigenvalue weighted by atomic mass is 10.1. The highest BCUT2D eigenvalue weighted by Gasteiger charge is 2.17. The van der Waals surface area contributed by atoms with E-state index in [0.29, 0.717) is 58.7 Å². The summed E-state index contributed by atoms with van der Waals surface area (Å²) in [4.78, 5) is 16.2. The molecule has 1 aliphatic rings. The van der Waals surface area contributed by atoms with Crippen molar-refractivity contribution < 1.29 is 14.3 Å². The molecule has 2 aromatic rings. The minimum atomic E-state index is -0.130. The van der Waals surface area contributed by atoms with Gasteiger partial charge in [-0.15, -0.1) is 0 Å². The van der Waals surface area contributed by atoms with E-state index in [4.69, 9.17) is 44.3 Å². The Morgan fingerprint density at radius 2 is 1.88 bits per heavy atom. The van der Waals surface area contributed by atoms with Crippen molar-refractivity contribution in [1.82, 2.24) is 10.3 Å². The van der Waals surface area contributed by atoms with Crippen LogP contribution in [-0.2, 0) is 11.2 Å². The summed E-state index contributed by atoms with van der Waals surface area (Å²) in [6, 6.07) is 5.09. The Balaban J connectivity index is 1.48. The zero-order chi connectivity index (χ0) is 18.5. The summed E-state index contributed by atoms with van der Waals surface area (Å²) in [6.45, 7) is 1.82. The largest absolute Gasteiger partial charge is 0.486 e. The number of nitrogens with zero attached hydrogens (tertiary/aromatic N) is 1. The van der Waals surface area contributed by atoms with Gasteiger partial charge in [0, 0.05) is 19.3 Å². The molecular weight excluding hydrogens is 401 g/mol. The average Bonchev–Trinajstić information content (AvgIpc) is 2.60. The van der Waals surface area contributed by atoms with E-state index in [1.807, 2.05) is 0 Å². The van der Waals surface area contributed by atoms with Crippen LogP contribution in [0.25, 0.3) is 0 Å². The predicted octanol–water partition coefficient (Wildman–Crippen LogP) is 3.58. The SMILES string of the molecule is O=C(Cc1cc(Cl)c2c(c1)OCCO2)NCCNc1ncc(Cl)cc1Cl. The van der Waals surface area contributed by atoms with Crippen LogP contribution in [0.3, 0.4) is 0 Å². The van der Waals surface area contributed by atoms with Gasteiger partial charge >= 0.3 is 0 Å². The minimum Gasteiger partial charge on any atom is -0.486 e. The van der Waals surface area contributed by atoms with Gasteiger partial charge in [-0.1, -0.05) is 34.8 Å². The van der Waals surface area contributed by atoms with Gasteiger partial charge in [0.05, 0.1) is 21.5 Å². The number of aromatic nitrogens is 1. The lowest BCUT2D eigenvalue weighted by molar-refractivity contribution is -0.120. The Labute approximate surface area is 165 Å². The Morgan fingerprint density at radius 1 is 1.08 bits per heavy atom. The Hall–Kier alpha value is -1.89. The van der Waals surface area contributed by atoms with E-state index in [0.717, 1.165) is 5.56 Å². The van der Waals surface area contributed by atoms with Crippen LogP contribution >= 0.6 is 34.8 Å². The molecule has 0 radical (unpaired) electrons. The highest BCUT2D eigenvalue weighted by atomic mass is 35.5. The molecule has 0 aliphatic carbocycles. The number of anilines is 1. The summed E-state index contributed by atoms with van der Waals surface area (Å²) in [5.74, 6) is 1.48. The monoisotopic (exact) mass is 415 g/mol. The number of pyridine rings is 1. The van der Waals surface area contributed by atoms with Gasteiger partial charge in [0.25, 0.3) is 0 Å². The fourth-order valence-corrected chi connectivity index (χ4v) is 3.18. The number of benzene rings is 1. The maximum Gasteiger partial charge on any atom is 0.224 e. The summed E-state index contributed by atoms with van der Waals surface area (Å²) >= 11 is 18.0. The first kappa shape index (κ1) is 18.9. The second-order valence-corrected chi connectivity index (χ2v) is 6.79. The first-order valence-corrected chi connectivity index (χ1v) is 9.06. The van der Waals surface area contributed by atoms with Crippen LogP contribution in [0.5, 0.6) is 11.5 Å². The van der Waals surface area contributed by atoms with E-state index in [1.54, 1.807) is 18.2 Å². The molecule has 0 unspecified atom stereocenters. The molecule has 138 valence electrons. The van der Waals surface area contributed by atoms with Crippen molar-refractivity contribution in [1.29, 1.82) is 0 Å². The van der Waals surface area contributed by atoms with E-state index >= 15 is 0 Å². The number of carbonyl (C=O) groups is 1. The van der Waals surface area contributed by atoms with E-state index < -0.39 is 0 Å². The van der Waals surface area contributed by atoms with Crippen molar-refractivity contribution in [3.05, 3.63) is 45.0 Å². The molecule has 1 amide bonds. The fourth-order valence-electron chi connectivity index (χ4n) is 2.44. The average molecular weight is 417 g/mol. The molecule has 1 aromatic heterocycles. The Morgan fingerprint density at radius 3 is 2.69 bits per heavy atom. The number of halogens is 3. The molecule has 3 rings (SSSR count). The quantitative estimate of drug-likeness (QED) is 0.704. The predicted molar refractivity (Wildman–Crippen MR) is 102 cm³/mol. The summed E-state index contributed by atoms with van der Waals surface area (Å²) in [7, 11) is 0. The topological polar surface area (TPSA) is 72.5 Å². The van der Waals surface area contributed by atoms with Crippen molar-refractivity contribution in [2.24, 2.45) is 0 Å². The van der Waals surface area contributed by atoms with Crippen molar-refractivity contribution in [3.63, 3.8) is 0 Å². The lowest BCUT2D eigenvalue weighted by Gasteiger charge is -2.20. The first-order valence-electron chi connectivity index (χ1n) is 7.92. The third kappa shape index (κ3) is 4.84. The van der Waals surface area contributed by atoms with Gasteiger partial charge < -0.3 is 20.1 Å². The normalized spacial score (nSPS) is 12.6. The zero-order valence-electron chi connectivity index (χ0n) is 13.7. The van der Waals surface area contributed by atoms with E-state index in [9.17, 15) is 4.79 Å². The third-order valence-electron chi connectivity index (χ3n) is 3.57. The summed E-state index contributed by atoms with van der Waals surface area (Å²) in [5.41, 5.74) is 0.757. The van der Waals surface area contributed by atoms with Crippen LogP contribution in [0.2, 0.25) is 15.1 Å². The zero-order valence-corrected chi connectivity index (χ0v) is 15.9. The maximum atomic E-state index is 12.1. The molecule has 6 nitrogen and oxygen atoms in total. The molecule has 0 saturated heterocycles. The number of hydrogen-bond acceptors (Lipinski definition) is 5. The molecule has 0 bridgehead atoms. The van der Waals surface area contributed by atoms with Gasteiger partial charge in [0.15, 0.2) is 11.5 Å². The van der Waals surface area contributed by atoms with E-state index in [-0.39, 0.29) is 12.3 Å². The molecule has 0 atom stereocenters. The molecule has 0 fully saturated rings. The number of carbonyl (C=O) groups excluding carboxylic acids is 1. The molecule has 1 aromatic carbocycles.